The maximum absolute atomic E-state index is 3.26. The van der Waals surface area contributed by atoms with Crippen molar-refractivity contribution < 1.29 is 0 Å². The molecule has 1 atom stereocenters. The van der Waals surface area contributed by atoms with Crippen molar-refractivity contribution >= 4 is 10.9 Å². The second-order valence-electron chi connectivity index (χ2n) is 4.10. The fraction of sp³-hybridized carbons (Fsp3) is 0.333. The van der Waals surface area contributed by atoms with Gasteiger partial charge in [-0.25, -0.2) is 0 Å². The fourth-order valence-corrected chi connectivity index (χ4v) is 2.11. The van der Waals surface area contributed by atoms with Gasteiger partial charge in [-0.1, -0.05) is 18.9 Å². The van der Waals surface area contributed by atoms with Crippen molar-refractivity contribution in [3.8, 4) is 11.8 Å². The van der Waals surface area contributed by atoms with Crippen molar-refractivity contribution in [2.75, 3.05) is 0 Å². The van der Waals surface area contributed by atoms with E-state index < -0.39 is 0 Å². The van der Waals surface area contributed by atoms with Crippen LogP contribution in [0.5, 0.6) is 0 Å². The number of nitrogens with zero attached hydrogens (tertiary/aromatic N) is 1. The standard InChI is InChI=1S/C15H17N/c1-4-6-12(5-2)13-7-8-15-14(11-13)9-10-16(15)3/h7-12H,5H2,1-3H3/t12-/m1/s1. The lowest BCUT2D eigenvalue weighted by Gasteiger charge is -2.08. The van der Waals surface area contributed by atoms with Gasteiger partial charge in [0.2, 0.25) is 0 Å². The number of rotatable bonds is 2. The summed E-state index contributed by atoms with van der Waals surface area (Å²) in [4.78, 5) is 0. The zero-order chi connectivity index (χ0) is 11.5. The summed E-state index contributed by atoms with van der Waals surface area (Å²) in [5.74, 6) is 6.65. The quantitative estimate of drug-likeness (QED) is 0.667. The highest BCUT2D eigenvalue weighted by Crippen LogP contribution is 2.23. The number of aromatic nitrogens is 1. The molecule has 1 heteroatoms. The first kappa shape index (κ1) is 10.8. The van der Waals surface area contributed by atoms with Crippen LogP contribution >= 0.6 is 0 Å². The van der Waals surface area contributed by atoms with Gasteiger partial charge in [0.1, 0.15) is 0 Å². The zero-order valence-corrected chi connectivity index (χ0v) is 10.1. The summed E-state index contributed by atoms with van der Waals surface area (Å²) in [7, 11) is 2.07. The molecule has 0 aliphatic rings. The molecule has 0 saturated carbocycles. The molecule has 82 valence electrons. The van der Waals surface area contributed by atoms with Gasteiger partial charge in [0.15, 0.2) is 0 Å². The third kappa shape index (κ3) is 1.84. The predicted octanol–water partition coefficient (Wildman–Crippen LogP) is 3.70. The van der Waals surface area contributed by atoms with Crippen LogP contribution in [0.1, 0.15) is 31.7 Å². The topological polar surface area (TPSA) is 4.93 Å². The minimum atomic E-state index is 0.370. The minimum absolute atomic E-state index is 0.370. The Hall–Kier alpha value is -1.68. The van der Waals surface area contributed by atoms with Crippen molar-refractivity contribution in [2.45, 2.75) is 26.2 Å². The lowest BCUT2D eigenvalue weighted by Crippen LogP contribution is -1.94. The molecule has 0 N–H and O–H groups in total. The third-order valence-electron chi connectivity index (χ3n) is 3.04. The third-order valence-corrected chi connectivity index (χ3v) is 3.04. The Morgan fingerprint density at radius 1 is 1.31 bits per heavy atom. The molecule has 0 aliphatic heterocycles. The van der Waals surface area contributed by atoms with Gasteiger partial charge < -0.3 is 4.57 Å². The first-order chi connectivity index (χ1) is 7.76. The normalized spacial score (nSPS) is 12.2. The van der Waals surface area contributed by atoms with Crippen molar-refractivity contribution in [3.05, 3.63) is 36.0 Å². The fourth-order valence-electron chi connectivity index (χ4n) is 2.11. The molecule has 1 aromatic carbocycles. The summed E-state index contributed by atoms with van der Waals surface area (Å²) in [5, 5.41) is 1.30. The van der Waals surface area contributed by atoms with E-state index in [0.717, 1.165) is 6.42 Å². The Balaban J connectivity index is 2.48. The summed E-state index contributed by atoms with van der Waals surface area (Å²) in [6, 6.07) is 8.80. The Labute approximate surface area is 97.1 Å². The number of aryl methyl sites for hydroxylation is 1. The highest BCUT2D eigenvalue weighted by molar-refractivity contribution is 5.81. The molecule has 2 rings (SSSR count). The lowest BCUT2D eigenvalue weighted by atomic mass is 9.96. The van der Waals surface area contributed by atoms with Crippen molar-refractivity contribution in [1.29, 1.82) is 0 Å². The predicted molar refractivity (Wildman–Crippen MR) is 69.4 cm³/mol. The molecule has 1 nitrogen and oxygen atoms in total. The van der Waals surface area contributed by atoms with Gasteiger partial charge >= 0.3 is 0 Å². The average molecular weight is 211 g/mol. The maximum Gasteiger partial charge on any atom is 0.0477 e. The van der Waals surface area contributed by atoms with Crippen molar-refractivity contribution in [2.24, 2.45) is 7.05 Å². The summed E-state index contributed by atoms with van der Waals surface area (Å²) >= 11 is 0. The zero-order valence-electron chi connectivity index (χ0n) is 10.1. The molecule has 0 aliphatic carbocycles. The summed E-state index contributed by atoms with van der Waals surface area (Å²) in [6.45, 7) is 4.09. The number of hydrogen-bond donors (Lipinski definition) is 0. The van der Waals surface area contributed by atoms with Crippen LogP contribution < -0.4 is 0 Å². The first-order valence-electron chi connectivity index (χ1n) is 5.73. The smallest absolute Gasteiger partial charge is 0.0477 e. The van der Waals surface area contributed by atoms with Gasteiger partial charge in [0.05, 0.1) is 0 Å². The van der Waals surface area contributed by atoms with E-state index in [1.165, 1.54) is 16.5 Å². The van der Waals surface area contributed by atoms with E-state index in [2.05, 4.69) is 60.8 Å². The molecular weight excluding hydrogens is 194 g/mol. The molecule has 0 radical (unpaired) electrons. The van der Waals surface area contributed by atoms with Gasteiger partial charge in [-0.2, -0.15) is 0 Å². The monoisotopic (exact) mass is 211 g/mol. The maximum atomic E-state index is 3.26. The number of hydrogen-bond acceptors (Lipinski definition) is 0. The van der Waals surface area contributed by atoms with Crippen LogP contribution in [-0.4, -0.2) is 4.57 Å². The van der Waals surface area contributed by atoms with Gasteiger partial charge in [-0.05, 0) is 42.5 Å². The highest BCUT2D eigenvalue weighted by Gasteiger charge is 2.07. The van der Waals surface area contributed by atoms with Gasteiger partial charge in [0.25, 0.3) is 0 Å². The number of benzene rings is 1. The van der Waals surface area contributed by atoms with Gasteiger partial charge in [-0.15, -0.1) is 5.92 Å². The van der Waals surface area contributed by atoms with Crippen molar-refractivity contribution in [1.82, 2.24) is 4.57 Å². The molecule has 2 aromatic rings. The summed E-state index contributed by atoms with van der Waals surface area (Å²) in [6.07, 6.45) is 3.17. The van der Waals surface area contributed by atoms with Crippen molar-refractivity contribution in [3.63, 3.8) is 0 Å². The Morgan fingerprint density at radius 2 is 2.12 bits per heavy atom. The molecule has 0 saturated heterocycles. The molecule has 1 aromatic heterocycles. The second-order valence-corrected chi connectivity index (χ2v) is 4.10. The summed E-state index contributed by atoms with van der Waals surface area (Å²) in [5.41, 5.74) is 2.61. The molecule has 0 bridgehead atoms. The molecule has 0 unspecified atom stereocenters. The van der Waals surface area contributed by atoms with Crippen LogP contribution in [0.15, 0.2) is 30.5 Å². The first-order valence-corrected chi connectivity index (χ1v) is 5.73. The highest BCUT2D eigenvalue weighted by atomic mass is 14.9. The van der Waals surface area contributed by atoms with Crippen LogP contribution in [0.4, 0.5) is 0 Å². The minimum Gasteiger partial charge on any atom is -0.351 e. The largest absolute Gasteiger partial charge is 0.351 e. The molecule has 1 heterocycles. The van der Waals surface area contributed by atoms with Gasteiger partial charge in [-0.3, -0.25) is 0 Å². The summed E-state index contributed by atoms with van der Waals surface area (Å²) < 4.78 is 2.14. The molecule has 16 heavy (non-hydrogen) atoms. The van der Waals surface area contributed by atoms with Crippen LogP contribution in [-0.2, 0) is 7.05 Å². The molecular formula is C15H17N. The number of fused-ring (bicyclic) bond motifs is 1. The second kappa shape index (κ2) is 4.45. The van der Waals surface area contributed by atoms with Crippen LogP contribution in [0.25, 0.3) is 10.9 Å². The van der Waals surface area contributed by atoms with E-state index in [9.17, 15) is 0 Å². The van der Waals surface area contributed by atoms with E-state index in [-0.39, 0.29) is 0 Å². The molecule has 0 fully saturated rings. The molecule has 0 spiro atoms. The van der Waals surface area contributed by atoms with E-state index in [4.69, 9.17) is 0 Å². The van der Waals surface area contributed by atoms with E-state index in [1.807, 2.05) is 6.92 Å². The Bertz CT molecular complexity index is 552. The Kier molecular flexibility index (Phi) is 3.01. The SMILES string of the molecule is CC#C[C@@H](CC)c1ccc2c(ccn2C)c1. The Morgan fingerprint density at radius 3 is 2.81 bits per heavy atom. The lowest BCUT2D eigenvalue weighted by molar-refractivity contribution is 0.831. The average Bonchev–Trinajstić information content (AvgIpc) is 2.67. The van der Waals surface area contributed by atoms with Crippen LogP contribution in [0.2, 0.25) is 0 Å². The van der Waals surface area contributed by atoms with Gasteiger partial charge in [0, 0.05) is 24.7 Å². The molecule has 0 amide bonds. The van der Waals surface area contributed by atoms with Crippen LogP contribution in [0, 0.1) is 11.8 Å². The van der Waals surface area contributed by atoms with E-state index >= 15 is 0 Å². The van der Waals surface area contributed by atoms with Crippen LogP contribution in [0.3, 0.4) is 0 Å². The van der Waals surface area contributed by atoms with E-state index in [1.54, 1.807) is 0 Å². The van der Waals surface area contributed by atoms with E-state index in [0.29, 0.717) is 5.92 Å².